The molecule has 0 radical (unpaired) electrons. The van der Waals surface area contributed by atoms with Crippen molar-refractivity contribution < 1.29 is 0 Å². The van der Waals surface area contributed by atoms with Crippen LogP contribution in [0.25, 0.3) is 5.65 Å². The zero-order chi connectivity index (χ0) is 16.5. The summed E-state index contributed by atoms with van der Waals surface area (Å²) >= 11 is 0. The zero-order valence-corrected chi connectivity index (χ0v) is 13.4. The molecule has 0 bridgehead atoms. The number of aromatic nitrogens is 4. The van der Waals surface area contributed by atoms with Crippen LogP contribution < -0.4 is 16.8 Å². The van der Waals surface area contributed by atoms with Crippen LogP contribution >= 0.6 is 0 Å². The van der Waals surface area contributed by atoms with Crippen LogP contribution in [0.15, 0.2) is 36.5 Å². The molecule has 2 unspecified atom stereocenters. The van der Waals surface area contributed by atoms with Gasteiger partial charge in [-0.1, -0.05) is 31.0 Å². The number of nitrogens with one attached hydrogen (secondary N) is 1. The van der Waals surface area contributed by atoms with Gasteiger partial charge in [-0.3, -0.25) is 0 Å². The third kappa shape index (κ3) is 2.78. The molecule has 2 heterocycles. The summed E-state index contributed by atoms with van der Waals surface area (Å²) in [6.07, 6.45) is 6.34. The number of hydrogen-bond acceptors (Lipinski definition) is 6. The topological polar surface area (TPSA) is 107 Å². The van der Waals surface area contributed by atoms with E-state index in [0.717, 1.165) is 24.2 Å². The summed E-state index contributed by atoms with van der Waals surface area (Å²) in [4.78, 5) is 8.98. The Hall–Kier alpha value is -2.67. The Bertz CT molecular complexity index is 843. The van der Waals surface area contributed by atoms with Gasteiger partial charge in [0, 0.05) is 17.6 Å². The van der Waals surface area contributed by atoms with Gasteiger partial charge in [-0.15, -0.1) is 5.10 Å². The quantitative estimate of drug-likeness (QED) is 0.683. The van der Waals surface area contributed by atoms with Crippen molar-refractivity contribution >= 4 is 23.1 Å². The van der Waals surface area contributed by atoms with Gasteiger partial charge in [0.25, 0.3) is 0 Å². The molecule has 1 fully saturated rings. The SMILES string of the molecule is Nc1nc(C2CCCCC2N)cn2nc(Nc3ccccc3)nc12. The normalized spacial score (nSPS) is 21.0. The van der Waals surface area contributed by atoms with Crippen LogP contribution in [0.4, 0.5) is 17.5 Å². The molecule has 2 atom stereocenters. The van der Waals surface area contributed by atoms with E-state index in [2.05, 4.69) is 20.4 Å². The Morgan fingerprint density at radius 1 is 1.08 bits per heavy atom. The molecule has 4 rings (SSSR count). The number of rotatable bonds is 3. The summed E-state index contributed by atoms with van der Waals surface area (Å²) in [6.45, 7) is 0. The minimum absolute atomic E-state index is 0.133. The summed E-state index contributed by atoms with van der Waals surface area (Å²) < 4.78 is 1.70. The highest BCUT2D eigenvalue weighted by Crippen LogP contribution is 2.31. The third-order valence-corrected chi connectivity index (χ3v) is 4.59. The largest absolute Gasteiger partial charge is 0.381 e. The van der Waals surface area contributed by atoms with E-state index in [1.54, 1.807) is 4.52 Å². The van der Waals surface area contributed by atoms with E-state index in [1.807, 2.05) is 36.5 Å². The van der Waals surface area contributed by atoms with Crippen molar-refractivity contribution in [3.63, 3.8) is 0 Å². The lowest BCUT2D eigenvalue weighted by molar-refractivity contribution is 0.379. The zero-order valence-electron chi connectivity index (χ0n) is 13.4. The van der Waals surface area contributed by atoms with E-state index in [4.69, 9.17) is 11.5 Å². The molecule has 1 aliphatic carbocycles. The van der Waals surface area contributed by atoms with Gasteiger partial charge in [-0.2, -0.15) is 4.98 Å². The minimum Gasteiger partial charge on any atom is -0.381 e. The second kappa shape index (κ2) is 6.09. The van der Waals surface area contributed by atoms with Crippen LogP contribution in [0.3, 0.4) is 0 Å². The fraction of sp³-hybridized carbons (Fsp3) is 0.353. The molecule has 2 aromatic heterocycles. The maximum absolute atomic E-state index is 6.27. The average molecular weight is 323 g/mol. The van der Waals surface area contributed by atoms with Gasteiger partial charge in [-0.05, 0) is 25.0 Å². The van der Waals surface area contributed by atoms with Crippen molar-refractivity contribution in [1.29, 1.82) is 0 Å². The molecule has 124 valence electrons. The summed E-state index contributed by atoms with van der Waals surface area (Å²) in [7, 11) is 0. The fourth-order valence-corrected chi connectivity index (χ4v) is 3.34. The lowest BCUT2D eigenvalue weighted by Gasteiger charge is -2.27. The second-order valence-corrected chi connectivity index (χ2v) is 6.30. The predicted molar refractivity (Wildman–Crippen MR) is 94.1 cm³/mol. The number of nitrogen functional groups attached to an aromatic ring is 1. The Labute approximate surface area is 140 Å². The standard InChI is InChI=1S/C17H21N7/c18-13-9-5-4-8-12(13)14-10-24-16(15(19)21-14)22-17(23-24)20-11-6-2-1-3-7-11/h1-3,6-7,10,12-13H,4-5,8-9,18H2,(H2,19,21)(H,20,23). The van der Waals surface area contributed by atoms with Crippen molar-refractivity contribution in [2.75, 3.05) is 11.1 Å². The molecule has 0 amide bonds. The first-order chi connectivity index (χ1) is 11.7. The van der Waals surface area contributed by atoms with Crippen molar-refractivity contribution in [1.82, 2.24) is 19.6 Å². The Balaban J connectivity index is 1.67. The Morgan fingerprint density at radius 2 is 1.88 bits per heavy atom. The highest BCUT2D eigenvalue weighted by atomic mass is 15.4. The number of nitrogens with zero attached hydrogens (tertiary/aromatic N) is 4. The molecule has 7 nitrogen and oxygen atoms in total. The molecular formula is C17H21N7. The average Bonchev–Trinajstić information content (AvgIpc) is 2.99. The molecule has 5 N–H and O–H groups in total. The van der Waals surface area contributed by atoms with Crippen LogP contribution in [0.2, 0.25) is 0 Å². The van der Waals surface area contributed by atoms with Crippen LogP contribution in [-0.4, -0.2) is 25.6 Å². The first kappa shape index (κ1) is 14.9. The van der Waals surface area contributed by atoms with Gasteiger partial charge >= 0.3 is 0 Å². The van der Waals surface area contributed by atoms with E-state index in [-0.39, 0.29) is 12.0 Å². The molecular weight excluding hydrogens is 302 g/mol. The molecule has 1 saturated carbocycles. The van der Waals surface area contributed by atoms with Gasteiger partial charge < -0.3 is 16.8 Å². The Kier molecular flexibility index (Phi) is 3.78. The number of anilines is 3. The van der Waals surface area contributed by atoms with Gasteiger partial charge in [0.15, 0.2) is 11.5 Å². The number of fused-ring (bicyclic) bond motifs is 1. The molecule has 0 saturated heterocycles. The smallest absolute Gasteiger partial charge is 0.247 e. The van der Waals surface area contributed by atoms with E-state index in [9.17, 15) is 0 Å². The van der Waals surface area contributed by atoms with Crippen LogP contribution in [-0.2, 0) is 0 Å². The highest BCUT2D eigenvalue weighted by molar-refractivity contribution is 5.63. The summed E-state index contributed by atoms with van der Waals surface area (Å²) in [5.74, 6) is 1.12. The van der Waals surface area contributed by atoms with Crippen molar-refractivity contribution in [3.05, 3.63) is 42.2 Å². The van der Waals surface area contributed by atoms with Crippen LogP contribution in [0.1, 0.15) is 37.3 Å². The van der Waals surface area contributed by atoms with Gasteiger partial charge in [-0.25, -0.2) is 9.50 Å². The number of nitrogens with two attached hydrogens (primary N) is 2. The lowest BCUT2D eigenvalue weighted by Crippen LogP contribution is -2.32. The van der Waals surface area contributed by atoms with Crippen molar-refractivity contribution in [2.24, 2.45) is 5.73 Å². The number of para-hydroxylation sites is 1. The van der Waals surface area contributed by atoms with Crippen LogP contribution in [0, 0.1) is 0 Å². The fourth-order valence-electron chi connectivity index (χ4n) is 3.34. The Morgan fingerprint density at radius 3 is 2.67 bits per heavy atom. The summed E-state index contributed by atoms with van der Waals surface area (Å²) in [5, 5.41) is 7.66. The molecule has 1 aromatic carbocycles. The second-order valence-electron chi connectivity index (χ2n) is 6.30. The number of hydrogen-bond donors (Lipinski definition) is 3. The van der Waals surface area contributed by atoms with E-state index in [1.165, 1.54) is 12.8 Å². The minimum atomic E-state index is 0.133. The lowest BCUT2D eigenvalue weighted by atomic mass is 9.83. The third-order valence-electron chi connectivity index (χ3n) is 4.59. The van der Waals surface area contributed by atoms with Crippen molar-refractivity contribution in [2.45, 2.75) is 37.6 Å². The van der Waals surface area contributed by atoms with Crippen LogP contribution in [0.5, 0.6) is 0 Å². The first-order valence-electron chi connectivity index (χ1n) is 8.31. The van der Waals surface area contributed by atoms with E-state index < -0.39 is 0 Å². The van der Waals surface area contributed by atoms with Gasteiger partial charge in [0.2, 0.25) is 5.95 Å². The molecule has 1 aliphatic rings. The molecule has 0 aliphatic heterocycles. The van der Waals surface area contributed by atoms with E-state index >= 15 is 0 Å². The maximum Gasteiger partial charge on any atom is 0.247 e. The van der Waals surface area contributed by atoms with Gasteiger partial charge in [0.05, 0.1) is 11.9 Å². The highest BCUT2D eigenvalue weighted by Gasteiger charge is 2.26. The predicted octanol–water partition coefficient (Wildman–Crippen LogP) is 2.43. The molecule has 0 spiro atoms. The van der Waals surface area contributed by atoms with E-state index in [0.29, 0.717) is 17.4 Å². The molecule has 24 heavy (non-hydrogen) atoms. The molecule has 3 aromatic rings. The molecule has 7 heteroatoms. The maximum atomic E-state index is 6.27. The van der Waals surface area contributed by atoms with Gasteiger partial charge in [0.1, 0.15) is 0 Å². The first-order valence-corrected chi connectivity index (χ1v) is 8.31. The summed E-state index contributed by atoms with van der Waals surface area (Å²) in [6, 6.07) is 9.92. The summed E-state index contributed by atoms with van der Waals surface area (Å²) in [5.41, 5.74) is 14.8. The number of benzene rings is 1. The van der Waals surface area contributed by atoms with Crippen molar-refractivity contribution in [3.8, 4) is 0 Å². The monoisotopic (exact) mass is 323 g/mol.